The van der Waals surface area contributed by atoms with Gasteiger partial charge in [0.05, 0.1) is 5.56 Å². The van der Waals surface area contributed by atoms with E-state index < -0.39 is 5.97 Å². The normalized spacial score (nSPS) is 16.5. The third-order valence-electron chi connectivity index (χ3n) is 5.64. The highest BCUT2D eigenvalue weighted by Gasteiger charge is 2.23. The topological polar surface area (TPSA) is 83.1 Å². The Balaban J connectivity index is 1.25. The number of carbonyl (C=O) groups excluding carboxylic acids is 3. The van der Waals surface area contributed by atoms with Gasteiger partial charge in [0.1, 0.15) is 5.82 Å². The van der Waals surface area contributed by atoms with Crippen LogP contribution in [0.4, 0.5) is 5.82 Å². The van der Waals surface area contributed by atoms with Gasteiger partial charge in [-0.25, -0.2) is 9.78 Å². The van der Waals surface area contributed by atoms with Crippen molar-refractivity contribution in [2.45, 2.75) is 19.4 Å². The number of ether oxygens (including phenoxy) is 1. The molecule has 0 unspecified atom stereocenters. The molecule has 4 rings (SSSR count). The number of anilines is 1. The van der Waals surface area contributed by atoms with Crippen LogP contribution in [0.25, 0.3) is 0 Å². The van der Waals surface area contributed by atoms with Crippen LogP contribution >= 0.6 is 0 Å². The van der Waals surface area contributed by atoms with E-state index in [2.05, 4.69) is 9.88 Å². The highest BCUT2D eigenvalue weighted by atomic mass is 16.5. The Bertz CT molecular complexity index is 942. The smallest absolute Gasteiger partial charge is 0.338 e. The number of nitrogens with zero attached hydrogens (tertiary/aromatic N) is 4. The number of hydrogen-bond acceptors (Lipinski definition) is 6. The second-order valence-electron chi connectivity index (χ2n) is 7.75. The minimum Gasteiger partial charge on any atom is -0.452 e. The molecular weight excluding hydrogens is 396 g/mol. The van der Waals surface area contributed by atoms with Crippen molar-refractivity contribution in [2.24, 2.45) is 0 Å². The molecule has 8 nitrogen and oxygen atoms in total. The van der Waals surface area contributed by atoms with Gasteiger partial charge < -0.3 is 19.4 Å². The molecule has 2 aliphatic heterocycles. The predicted octanol–water partition coefficient (Wildman–Crippen LogP) is 1.71. The summed E-state index contributed by atoms with van der Waals surface area (Å²) in [5.74, 6) is 0.307. The maximum Gasteiger partial charge on any atom is 0.338 e. The molecule has 8 heteroatoms. The van der Waals surface area contributed by atoms with Gasteiger partial charge in [-0.1, -0.05) is 18.2 Å². The molecule has 2 aromatic rings. The minimum atomic E-state index is -0.532. The lowest BCUT2D eigenvalue weighted by atomic mass is 10.1. The third kappa shape index (κ3) is 5.20. The number of esters is 1. The summed E-state index contributed by atoms with van der Waals surface area (Å²) in [5, 5.41) is 0. The number of hydrogen-bond donors (Lipinski definition) is 0. The molecule has 2 amide bonds. The van der Waals surface area contributed by atoms with Gasteiger partial charge in [-0.2, -0.15) is 0 Å². The van der Waals surface area contributed by atoms with Gasteiger partial charge in [0.15, 0.2) is 6.61 Å². The first-order valence-electron chi connectivity index (χ1n) is 10.6. The summed E-state index contributed by atoms with van der Waals surface area (Å²) in [6, 6.07) is 12.8. The fourth-order valence-electron chi connectivity index (χ4n) is 3.92. The van der Waals surface area contributed by atoms with Crippen LogP contribution < -0.4 is 4.90 Å². The largest absolute Gasteiger partial charge is 0.452 e. The lowest BCUT2D eigenvalue weighted by Gasteiger charge is -2.35. The summed E-state index contributed by atoms with van der Waals surface area (Å²) < 4.78 is 5.26. The van der Waals surface area contributed by atoms with E-state index in [1.165, 1.54) is 0 Å². The lowest BCUT2D eigenvalue weighted by molar-refractivity contribution is -0.134. The monoisotopic (exact) mass is 422 g/mol. The van der Waals surface area contributed by atoms with Crippen LogP contribution in [0.5, 0.6) is 0 Å². The molecule has 2 aliphatic rings. The van der Waals surface area contributed by atoms with E-state index in [0.717, 1.165) is 24.3 Å². The van der Waals surface area contributed by atoms with Crippen molar-refractivity contribution in [3.63, 3.8) is 0 Å². The van der Waals surface area contributed by atoms with E-state index in [9.17, 15) is 14.4 Å². The van der Waals surface area contributed by atoms with Gasteiger partial charge in [0.25, 0.3) is 5.91 Å². The highest BCUT2D eigenvalue weighted by molar-refractivity contribution is 5.91. The molecule has 1 aromatic heterocycles. The quantitative estimate of drug-likeness (QED) is 0.659. The molecule has 3 heterocycles. The number of benzene rings is 1. The van der Waals surface area contributed by atoms with E-state index in [0.29, 0.717) is 44.7 Å². The maximum atomic E-state index is 12.5. The van der Waals surface area contributed by atoms with Gasteiger partial charge in [-0.15, -0.1) is 0 Å². The van der Waals surface area contributed by atoms with Crippen LogP contribution in [0.1, 0.15) is 28.8 Å². The van der Waals surface area contributed by atoms with Crippen molar-refractivity contribution in [1.82, 2.24) is 14.8 Å². The third-order valence-corrected chi connectivity index (χ3v) is 5.64. The van der Waals surface area contributed by atoms with Crippen LogP contribution in [0, 0.1) is 0 Å². The first-order valence-corrected chi connectivity index (χ1v) is 10.6. The van der Waals surface area contributed by atoms with Gasteiger partial charge in [0, 0.05) is 51.9 Å². The highest BCUT2D eigenvalue weighted by Crippen LogP contribution is 2.16. The van der Waals surface area contributed by atoms with E-state index in [1.807, 2.05) is 24.3 Å². The SMILES string of the molecule is O=C(OCC(=O)N1CCN(c2ccccn2)CC1)c1cccc(CN2CCCC2=O)c1. The van der Waals surface area contributed by atoms with Crippen LogP contribution in [0.3, 0.4) is 0 Å². The Morgan fingerprint density at radius 1 is 1.00 bits per heavy atom. The van der Waals surface area contributed by atoms with Gasteiger partial charge in [-0.05, 0) is 36.2 Å². The number of pyridine rings is 1. The summed E-state index contributed by atoms with van der Waals surface area (Å²) in [7, 11) is 0. The molecule has 0 spiro atoms. The standard InChI is InChI=1S/C23H26N4O4/c28-21-8-4-10-27(21)16-18-5-3-6-19(15-18)23(30)31-17-22(29)26-13-11-25(12-14-26)20-7-1-2-9-24-20/h1-3,5-7,9,15H,4,8,10-14,16-17H2. The van der Waals surface area contributed by atoms with Crippen molar-refractivity contribution in [3.8, 4) is 0 Å². The van der Waals surface area contributed by atoms with E-state index >= 15 is 0 Å². The number of amides is 2. The molecule has 0 saturated carbocycles. The van der Waals surface area contributed by atoms with Crippen LogP contribution in [-0.2, 0) is 20.9 Å². The number of piperazine rings is 1. The van der Waals surface area contributed by atoms with E-state index in [-0.39, 0.29) is 18.4 Å². The average Bonchev–Trinajstić information content (AvgIpc) is 3.22. The Hall–Kier alpha value is -3.42. The second-order valence-corrected chi connectivity index (χ2v) is 7.75. The Labute approximate surface area is 181 Å². The molecular formula is C23H26N4O4. The first kappa shape index (κ1) is 20.8. The van der Waals surface area contributed by atoms with E-state index in [4.69, 9.17) is 4.74 Å². The van der Waals surface area contributed by atoms with Crippen molar-refractivity contribution >= 4 is 23.6 Å². The molecule has 0 aliphatic carbocycles. The van der Waals surface area contributed by atoms with Crippen LogP contribution in [0.15, 0.2) is 48.7 Å². The summed E-state index contributed by atoms with van der Waals surface area (Å²) >= 11 is 0. The fraction of sp³-hybridized carbons (Fsp3) is 0.391. The Morgan fingerprint density at radius 2 is 1.84 bits per heavy atom. The number of carbonyl (C=O) groups is 3. The van der Waals surface area contributed by atoms with Crippen molar-refractivity contribution < 1.29 is 19.1 Å². The Kier molecular flexibility index (Phi) is 6.45. The Morgan fingerprint density at radius 3 is 2.55 bits per heavy atom. The lowest BCUT2D eigenvalue weighted by Crippen LogP contribution is -2.50. The second kappa shape index (κ2) is 9.59. The number of likely N-dealkylation sites (tertiary alicyclic amines) is 1. The minimum absolute atomic E-state index is 0.140. The molecule has 31 heavy (non-hydrogen) atoms. The van der Waals surface area contributed by atoms with Gasteiger partial charge in [-0.3, -0.25) is 9.59 Å². The zero-order valence-electron chi connectivity index (χ0n) is 17.4. The summed E-state index contributed by atoms with van der Waals surface area (Å²) in [6.07, 6.45) is 3.21. The van der Waals surface area contributed by atoms with Gasteiger partial charge >= 0.3 is 5.97 Å². The molecule has 2 saturated heterocycles. The summed E-state index contributed by atoms with van der Waals surface area (Å²) in [6.45, 7) is 3.45. The van der Waals surface area contributed by atoms with Crippen molar-refractivity contribution in [1.29, 1.82) is 0 Å². The molecule has 2 fully saturated rings. The zero-order valence-corrected chi connectivity index (χ0v) is 17.4. The molecule has 0 radical (unpaired) electrons. The molecule has 1 aromatic carbocycles. The molecule has 0 atom stereocenters. The molecule has 162 valence electrons. The fourth-order valence-corrected chi connectivity index (χ4v) is 3.92. The van der Waals surface area contributed by atoms with Crippen LogP contribution in [0.2, 0.25) is 0 Å². The number of rotatable bonds is 6. The summed E-state index contributed by atoms with van der Waals surface area (Å²) in [5.41, 5.74) is 1.26. The van der Waals surface area contributed by atoms with Crippen molar-refractivity contribution in [3.05, 3.63) is 59.8 Å². The molecule has 0 N–H and O–H groups in total. The van der Waals surface area contributed by atoms with Crippen LogP contribution in [-0.4, -0.2) is 71.9 Å². The maximum absolute atomic E-state index is 12.5. The average molecular weight is 422 g/mol. The summed E-state index contributed by atoms with van der Waals surface area (Å²) in [4.78, 5) is 46.7. The van der Waals surface area contributed by atoms with Gasteiger partial charge in [0.2, 0.25) is 5.91 Å². The number of aromatic nitrogens is 1. The molecule has 0 bridgehead atoms. The zero-order chi connectivity index (χ0) is 21.6. The van der Waals surface area contributed by atoms with E-state index in [1.54, 1.807) is 34.2 Å². The first-order chi connectivity index (χ1) is 15.1. The predicted molar refractivity (Wildman–Crippen MR) is 114 cm³/mol. The van der Waals surface area contributed by atoms with Crippen molar-refractivity contribution in [2.75, 3.05) is 44.2 Å².